The lowest BCUT2D eigenvalue weighted by Gasteiger charge is -2.30. The van der Waals surface area contributed by atoms with Gasteiger partial charge in [-0.3, -0.25) is 9.69 Å². The van der Waals surface area contributed by atoms with E-state index < -0.39 is 0 Å². The number of nitrogens with one attached hydrogen (secondary N) is 1. The summed E-state index contributed by atoms with van der Waals surface area (Å²) in [7, 11) is 0. The third-order valence-electron chi connectivity index (χ3n) is 4.97. The molecule has 1 amide bonds. The zero-order valence-electron chi connectivity index (χ0n) is 15.8. The number of carbonyl (C=O) groups is 1. The minimum Gasteiger partial charge on any atom is -0.492 e. The number of carbonyl (C=O) groups excluding carboxylic acids is 1. The predicted octanol–water partition coefficient (Wildman–Crippen LogP) is 3.87. The van der Waals surface area contributed by atoms with Crippen molar-refractivity contribution in [1.29, 1.82) is 0 Å². The van der Waals surface area contributed by atoms with Crippen LogP contribution in [0.5, 0.6) is 5.75 Å². The summed E-state index contributed by atoms with van der Waals surface area (Å²) in [5.41, 5.74) is 1.88. The molecule has 0 atom stereocenters. The van der Waals surface area contributed by atoms with Crippen molar-refractivity contribution in [3.05, 3.63) is 65.5 Å². The molecule has 0 saturated carbocycles. The average Bonchev–Trinajstić information content (AvgIpc) is 2.69. The van der Waals surface area contributed by atoms with Crippen LogP contribution in [0.15, 0.2) is 48.5 Å². The third kappa shape index (κ3) is 6.07. The van der Waals surface area contributed by atoms with Crippen LogP contribution < -0.4 is 10.1 Å². The Hall–Kier alpha value is -2.40. The number of amides is 1. The third-order valence-corrected chi connectivity index (χ3v) is 4.97. The molecular weight excluding hydrogens is 343 g/mol. The molecular formula is C22H27FN2O2. The second-order valence-corrected chi connectivity index (χ2v) is 7.21. The molecule has 1 aliphatic rings. The maximum atomic E-state index is 12.8. The minimum absolute atomic E-state index is 0.115. The summed E-state index contributed by atoms with van der Waals surface area (Å²) in [6, 6.07) is 13.6. The van der Waals surface area contributed by atoms with Gasteiger partial charge in [0.15, 0.2) is 0 Å². The zero-order chi connectivity index (χ0) is 19.1. The molecule has 0 spiro atoms. The van der Waals surface area contributed by atoms with Gasteiger partial charge in [0.2, 0.25) is 0 Å². The molecule has 0 unspecified atom stereocenters. The largest absolute Gasteiger partial charge is 0.492 e. The fourth-order valence-corrected chi connectivity index (χ4v) is 3.21. The number of hydrogen-bond acceptors (Lipinski definition) is 3. The first-order chi connectivity index (χ1) is 13.1. The van der Waals surface area contributed by atoms with Crippen LogP contribution in [-0.2, 0) is 6.54 Å². The highest BCUT2D eigenvalue weighted by Crippen LogP contribution is 2.18. The van der Waals surface area contributed by atoms with Crippen molar-refractivity contribution < 1.29 is 13.9 Å². The van der Waals surface area contributed by atoms with Crippen molar-refractivity contribution in [2.24, 2.45) is 5.92 Å². The quantitative estimate of drug-likeness (QED) is 0.753. The lowest BCUT2D eigenvalue weighted by Crippen LogP contribution is -2.32. The summed E-state index contributed by atoms with van der Waals surface area (Å²) < 4.78 is 18.3. The summed E-state index contributed by atoms with van der Waals surface area (Å²) in [4.78, 5) is 14.7. The highest BCUT2D eigenvalue weighted by molar-refractivity contribution is 5.94. The topological polar surface area (TPSA) is 41.6 Å². The molecule has 27 heavy (non-hydrogen) atoms. The molecule has 2 aromatic carbocycles. The normalized spacial score (nSPS) is 15.5. The molecule has 0 aliphatic carbocycles. The van der Waals surface area contributed by atoms with Gasteiger partial charge < -0.3 is 10.1 Å². The number of benzene rings is 2. The molecule has 1 heterocycles. The van der Waals surface area contributed by atoms with Crippen molar-refractivity contribution in [2.75, 3.05) is 26.2 Å². The summed E-state index contributed by atoms with van der Waals surface area (Å²) in [6.45, 7) is 6.29. The zero-order valence-corrected chi connectivity index (χ0v) is 15.8. The molecule has 2 aromatic rings. The molecule has 1 aliphatic heterocycles. The summed E-state index contributed by atoms with van der Waals surface area (Å²) in [5.74, 6) is 1.01. The first-order valence-corrected chi connectivity index (χ1v) is 9.58. The molecule has 0 radical (unpaired) electrons. The molecule has 5 heteroatoms. The van der Waals surface area contributed by atoms with Crippen LogP contribution in [0, 0.1) is 11.7 Å². The summed E-state index contributed by atoms with van der Waals surface area (Å²) >= 11 is 0. The highest BCUT2D eigenvalue weighted by Gasteiger charge is 2.15. The van der Waals surface area contributed by atoms with E-state index in [2.05, 4.69) is 17.1 Å². The van der Waals surface area contributed by atoms with Crippen LogP contribution in [0.3, 0.4) is 0 Å². The Balaban J connectivity index is 1.40. The highest BCUT2D eigenvalue weighted by atomic mass is 19.1. The Morgan fingerprint density at radius 1 is 1.11 bits per heavy atom. The van der Waals surface area contributed by atoms with Gasteiger partial charge in [0, 0.05) is 12.1 Å². The molecule has 0 aromatic heterocycles. The minimum atomic E-state index is -0.297. The SMILES string of the molecule is CC1CCN(Cc2ccc(C(=O)NCCOc3ccc(F)cc3)cc2)CC1. The smallest absolute Gasteiger partial charge is 0.251 e. The molecule has 3 rings (SSSR count). The second kappa shape index (κ2) is 9.51. The van der Waals surface area contributed by atoms with Crippen LogP contribution in [0.2, 0.25) is 0 Å². The van der Waals surface area contributed by atoms with Gasteiger partial charge in [0.25, 0.3) is 5.91 Å². The standard InChI is InChI=1S/C22H27FN2O2/c1-17-10-13-25(14-11-17)16-18-2-4-19(5-3-18)22(26)24-12-15-27-21-8-6-20(23)7-9-21/h2-9,17H,10-16H2,1H3,(H,24,26). The molecule has 0 bridgehead atoms. The van der Waals surface area contributed by atoms with Gasteiger partial charge in [0.05, 0.1) is 6.54 Å². The van der Waals surface area contributed by atoms with Crippen LogP contribution in [0.4, 0.5) is 4.39 Å². The van der Waals surface area contributed by atoms with Gasteiger partial charge in [-0.1, -0.05) is 19.1 Å². The van der Waals surface area contributed by atoms with E-state index in [1.807, 2.05) is 24.3 Å². The van der Waals surface area contributed by atoms with Crippen molar-refractivity contribution in [1.82, 2.24) is 10.2 Å². The van der Waals surface area contributed by atoms with E-state index in [-0.39, 0.29) is 11.7 Å². The molecule has 1 fully saturated rings. The van der Waals surface area contributed by atoms with Crippen molar-refractivity contribution in [3.63, 3.8) is 0 Å². The summed E-state index contributed by atoms with van der Waals surface area (Å²) in [5, 5.41) is 2.84. The van der Waals surface area contributed by atoms with Gasteiger partial charge in [-0.05, 0) is 73.8 Å². The van der Waals surface area contributed by atoms with Crippen molar-refractivity contribution in [3.8, 4) is 5.75 Å². The molecule has 1 N–H and O–H groups in total. The lowest BCUT2D eigenvalue weighted by molar-refractivity contribution is 0.0947. The van der Waals surface area contributed by atoms with E-state index >= 15 is 0 Å². The van der Waals surface area contributed by atoms with Crippen molar-refractivity contribution in [2.45, 2.75) is 26.3 Å². The number of rotatable bonds is 7. The predicted molar refractivity (Wildman–Crippen MR) is 104 cm³/mol. The fraction of sp³-hybridized carbons (Fsp3) is 0.409. The van der Waals surface area contributed by atoms with Gasteiger partial charge in [-0.15, -0.1) is 0 Å². The van der Waals surface area contributed by atoms with E-state index in [9.17, 15) is 9.18 Å². The van der Waals surface area contributed by atoms with E-state index in [1.165, 1.54) is 30.5 Å². The van der Waals surface area contributed by atoms with Gasteiger partial charge >= 0.3 is 0 Å². The molecule has 4 nitrogen and oxygen atoms in total. The Morgan fingerprint density at radius 2 is 1.78 bits per heavy atom. The average molecular weight is 370 g/mol. The molecule has 144 valence electrons. The first kappa shape index (κ1) is 19.4. The fourth-order valence-electron chi connectivity index (χ4n) is 3.21. The van der Waals surface area contributed by atoms with Crippen molar-refractivity contribution >= 4 is 5.91 Å². The number of nitrogens with zero attached hydrogens (tertiary/aromatic N) is 1. The Labute approximate surface area is 160 Å². The lowest BCUT2D eigenvalue weighted by atomic mass is 9.99. The van der Waals surface area contributed by atoms with Crippen LogP contribution >= 0.6 is 0 Å². The van der Waals surface area contributed by atoms with E-state index in [4.69, 9.17) is 4.74 Å². The Morgan fingerprint density at radius 3 is 2.44 bits per heavy atom. The monoisotopic (exact) mass is 370 g/mol. The number of piperidine rings is 1. The Bertz CT molecular complexity index is 723. The number of likely N-dealkylation sites (tertiary alicyclic amines) is 1. The Kier molecular flexibility index (Phi) is 6.82. The number of halogens is 1. The van der Waals surface area contributed by atoms with E-state index in [0.29, 0.717) is 24.5 Å². The number of ether oxygens (including phenoxy) is 1. The molecule has 1 saturated heterocycles. The van der Waals surface area contributed by atoms with Crippen LogP contribution in [0.25, 0.3) is 0 Å². The van der Waals surface area contributed by atoms with E-state index in [0.717, 1.165) is 25.6 Å². The maximum absolute atomic E-state index is 12.8. The second-order valence-electron chi connectivity index (χ2n) is 7.21. The van der Waals surface area contributed by atoms with Gasteiger partial charge in [-0.25, -0.2) is 4.39 Å². The van der Waals surface area contributed by atoms with Crippen LogP contribution in [0.1, 0.15) is 35.7 Å². The summed E-state index contributed by atoms with van der Waals surface area (Å²) in [6.07, 6.45) is 2.53. The van der Waals surface area contributed by atoms with Gasteiger partial charge in [-0.2, -0.15) is 0 Å². The maximum Gasteiger partial charge on any atom is 0.251 e. The van der Waals surface area contributed by atoms with Gasteiger partial charge in [0.1, 0.15) is 18.2 Å². The van der Waals surface area contributed by atoms with E-state index in [1.54, 1.807) is 12.1 Å². The number of hydrogen-bond donors (Lipinski definition) is 1. The first-order valence-electron chi connectivity index (χ1n) is 9.58. The van der Waals surface area contributed by atoms with Crippen LogP contribution in [-0.4, -0.2) is 37.0 Å².